The molecule has 1 aliphatic carbocycles. The maximum atomic E-state index is 6.05. The molecule has 0 saturated heterocycles. The van der Waals surface area contributed by atoms with Gasteiger partial charge in [-0.3, -0.25) is 0 Å². The molecule has 0 spiro atoms. The number of rotatable bonds is 4. The second kappa shape index (κ2) is 3.76. The first-order chi connectivity index (χ1) is 6.25. The summed E-state index contributed by atoms with van der Waals surface area (Å²) in [5.74, 6) is 0.986. The Bertz CT molecular complexity index is 278. The van der Waals surface area contributed by atoms with E-state index in [1.54, 1.807) is 11.3 Å². The Morgan fingerprint density at radius 2 is 2.46 bits per heavy atom. The summed E-state index contributed by atoms with van der Waals surface area (Å²) in [6.07, 6.45) is 7.21. The summed E-state index contributed by atoms with van der Waals surface area (Å²) < 4.78 is 0. The zero-order valence-corrected chi connectivity index (χ0v) is 8.81. The van der Waals surface area contributed by atoms with Crippen LogP contribution in [0, 0.1) is 12.8 Å². The second-order valence-electron chi connectivity index (χ2n) is 3.91. The molecule has 0 amide bonds. The maximum Gasteiger partial charge on any atom is 0.0897 e. The van der Waals surface area contributed by atoms with Gasteiger partial charge in [0.05, 0.1) is 5.01 Å². The van der Waals surface area contributed by atoms with Gasteiger partial charge in [0, 0.05) is 17.1 Å². The summed E-state index contributed by atoms with van der Waals surface area (Å²) in [7, 11) is 0. The van der Waals surface area contributed by atoms with Crippen molar-refractivity contribution in [2.45, 2.75) is 38.6 Å². The Morgan fingerprint density at radius 1 is 1.69 bits per heavy atom. The Morgan fingerprint density at radius 3 is 3.00 bits per heavy atom. The summed E-state index contributed by atoms with van der Waals surface area (Å²) in [5, 5.41) is 1.12. The zero-order valence-electron chi connectivity index (χ0n) is 7.99. The molecule has 1 atom stereocenters. The molecule has 13 heavy (non-hydrogen) atoms. The van der Waals surface area contributed by atoms with Crippen LogP contribution in [0.5, 0.6) is 0 Å². The predicted molar refractivity (Wildman–Crippen MR) is 55.7 cm³/mol. The predicted octanol–water partition coefficient (Wildman–Crippen LogP) is 2.64. The van der Waals surface area contributed by atoms with E-state index in [1.165, 1.54) is 24.1 Å². The number of hydrogen-bond acceptors (Lipinski definition) is 3. The lowest BCUT2D eigenvalue weighted by atomic mass is 10.1. The third-order valence-corrected chi connectivity index (χ3v) is 3.63. The lowest BCUT2D eigenvalue weighted by Crippen LogP contribution is -2.08. The number of hydrogen-bond donors (Lipinski definition) is 1. The van der Waals surface area contributed by atoms with Crippen molar-refractivity contribution in [2.24, 2.45) is 11.7 Å². The van der Waals surface area contributed by atoms with Crippen LogP contribution in [0.3, 0.4) is 0 Å². The van der Waals surface area contributed by atoms with Gasteiger partial charge in [0.15, 0.2) is 0 Å². The van der Waals surface area contributed by atoms with Gasteiger partial charge in [0.25, 0.3) is 0 Å². The van der Waals surface area contributed by atoms with E-state index in [1.807, 2.05) is 13.1 Å². The third kappa shape index (κ3) is 2.51. The molecule has 1 aromatic heterocycles. The third-order valence-electron chi connectivity index (χ3n) is 2.59. The van der Waals surface area contributed by atoms with Gasteiger partial charge < -0.3 is 5.73 Å². The van der Waals surface area contributed by atoms with Crippen LogP contribution in [0.15, 0.2) is 6.20 Å². The van der Waals surface area contributed by atoms with Crippen molar-refractivity contribution in [3.8, 4) is 0 Å². The molecule has 0 aliphatic heterocycles. The van der Waals surface area contributed by atoms with Crippen molar-refractivity contribution in [2.75, 3.05) is 0 Å². The van der Waals surface area contributed by atoms with E-state index in [9.17, 15) is 0 Å². The van der Waals surface area contributed by atoms with Crippen LogP contribution in [-0.4, -0.2) is 4.98 Å². The molecule has 1 fully saturated rings. The van der Waals surface area contributed by atoms with Crippen molar-refractivity contribution < 1.29 is 0 Å². The first kappa shape index (κ1) is 9.16. The monoisotopic (exact) mass is 196 g/mol. The van der Waals surface area contributed by atoms with E-state index in [2.05, 4.69) is 4.98 Å². The molecule has 1 unspecified atom stereocenters. The van der Waals surface area contributed by atoms with Gasteiger partial charge in [0.1, 0.15) is 0 Å². The molecule has 0 aromatic carbocycles. The highest BCUT2D eigenvalue weighted by atomic mass is 32.1. The lowest BCUT2D eigenvalue weighted by Gasteiger charge is -2.07. The fraction of sp³-hybridized carbons (Fsp3) is 0.700. The molecular weight excluding hydrogens is 180 g/mol. The first-order valence-corrected chi connectivity index (χ1v) is 5.75. The summed E-state index contributed by atoms with van der Waals surface area (Å²) in [4.78, 5) is 5.47. The standard InChI is InChI=1S/C10H16N2S/c1-7-12-6-10(13-7)9(11)5-4-8-2-3-8/h6,8-9H,2-5,11H2,1H3. The topological polar surface area (TPSA) is 38.9 Å². The SMILES string of the molecule is Cc1ncc(C(N)CCC2CC2)s1. The highest BCUT2D eigenvalue weighted by Crippen LogP contribution is 2.35. The quantitative estimate of drug-likeness (QED) is 0.804. The molecular formula is C10H16N2S. The zero-order chi connectivity index (χ0) is 9.26. The van der Waals surface area contributed by atoms with Crippen LogP contribution in [0.25, 0.3) is 0 Å². The van der Waals surface area contributed by atoms with Crippen LogP contribution >= 0.6 is 11.3 Å². The molecule has 0 radical (unpaired) electrons. The van der Waals surface area contributed by atoms with Crippen LogP contribution < -0.4 is 5.73 Å². The van der Waals surface area contributed by atoms with Crippen molar-refractivity contribution in [3.63, 3.8) is 0 Å². The van der Waals surface area contributed by atoms with Gasteiger partial charge in [-0.05, 0) is 25.7 Å². The minimum atomic E-state index is 0.229. The van der Waals surface area contributed by atoms with Gasteiger partial charge in [-0.25, -0.2) is 4.98 Å². The molecule has 1 aliphatic rings. The van der Waals surface area contributed by atoms with Crippen molar-refractivity contribution in [3.05, 3.63) is 16.1 Å². The van der Waals surface area contributed by atoms with Gasteiger partial charge in [-0.1, -0.05) is 12.8 Å². The highest BCUT2D eigenvalue weighted by Gasteiger charge is 2.22. The first-order valence-electron chi connectivity index (χ1n) is 4.93. The van der Waals surface area contributed by atoms with Gasteiger partial charge >= 0.3 is 0 Å². The molecule has 2 nitrogen and oxygen atoms in total. The van der Waals surface area contributed by atoms with E-state index >= 15 is 0 Å². The van der Waals surface area contributed by atoms with E-state index in [0.29, 0.717) is 0 Å². The normalized spacial score (nSPS) is 18.9. The average Bonchev–Trinajstić information content (AvgIpc) is 2.84. The Balaban J connectivity index is 1.84. The lowest BCUT2D eigenvalue weighted by molar-refractivity contribution is 0.581. The maximum absolute atomic E-state index is 6.05. The summed E-state index contributed by atoms with van der Waals surface area (Å²) in [6, 6.07) is 0.229. The number of nitrogens with zero attached hydrogens (tertiary/aromatic N) is 1. The van der Waals surface area contributed by atoms with Crippen LogP contribution in [0.1, 0.15) is 41.6 Å². The van der Waals surface area contributed by atoms with Crippen molar-refractivity contribution >= 4 is 11.3 Å². The molecule has 2 N–H and O–H groups in total. The number of nitrogens with two attached hydrogens (primary N) is 1. The Hall–Kier alpha value is -0.410. The summed E-state index contributed by atoms with van der Waals surface area (Å²) in [6.45, 7) is 2.03. The Labute approximate surface area is 83.2 Å². The number of aryl methyl sites for hydroxylation is 1. The minimum Gasteiger partial charge on any atom is -0.323 e. The largest absolute Gasteiger partial charge is 0.323 e. The molecule has 0 bridgehead atoms. The van der Waals surface area contributed by atoms with Gasteiger partial charge in [0.2, 0.25) is 0 Å². The molecule has 1 saturated carbocycles. The fourth-order valence-corrected chi connectivity index (χ4v) is 2.33. The molecule has 1 aromatic rings. The summed E-state index contributed by atoms with van der Waals surface area (Å²) in [5.41, 5.74) is 6.05. The second-order valence-corrected chi connectivity index (χ2v) is 5.18. The molecule has 3 heteroatoms. The van der Waals surface area contributed by atoms with Crippen LogP contribution in [0.4, 0.5) is 0 Å². The van der Waals surface area contributed by atoms with E-state index in [0.717, 1.165) is 17.3 Å². The highest BCUT2D eigenvalue weighted by molar-refractivity contribution is 7.11. The number of aromatic nitrogens is 1. The summed E-state index contributed by atoms with van der Waals surface area (Å²) >= 11 is 1.73. The van der Waals surface area contributed by atoms with Gasteiger partial charge in [-0.2, -0.15) is 0 Å². The Kier molecular flexibility index (Phi) is 2.65. The fourth-order valence-electron chi connectivity index (χ4n) is 1.51. The van der Waals surface area contributed by atoms with E-state index in [4.69, 9.17) is 5.73 Å². The molecule has 1 heterocycles. The molecule has 72 valence electrons. The van der Waals surface area contributed by atoms with Crippen LogP contribution in [0.2, 0.25) is 0 Å². The number of thiazole rings is 1. The van der Waals surface area contributed by atoms with E-state index in [-0.39, 0.29) is 6.04 Å². The van der Waals surface area contributed by atoms with Crippen molar-refractivity contribution in [1.29, 1.82) is 0 Å². The van der Waals surface area contributed by atoms with Crippen molar-refractivity contribution in [1.82, 2.24) is 4.98 Å². The molecule has 2 rings (SSSR count). The van der Waals surface area contributed by atoms with Crippen LogP contribution in [-0.2, 0) is 0 Å². The smallest absolute Gasteiger partial charge is 0.0897 e. The van der Waals surface area contributed by atoms with Gasteiger partial charge in [-0.15, -0.1) is 11.3 Å². The minimum absolute atomic E-state index is 0.229. The van der Waals surface area contributed by atoms with E-state index < -0.39 is 0 Å². The average molecular weight is 196 g/mol.